The summed E-state index contributed by atoms with van der Waals surface area (Å²) >= 11 is 0. The van der Waals surface area contributed by atoms with Crippen molar-refractivity contribution in [3.8, 4) is 0 Å². The summed E-state index contributed by atoms with van der Waals surface area (Å²) in [5.74, 6) is 0. The number of quaternary nitrogens is 1. The van der Waals surface area contributed by atoms with Crippen molar-refractivity contribution in [3.05, 3.63) is 56.9 Å². The first-order valence-electron chi connectivity index (χ1n) is 12.3. The number of nitrogens with zero attached hydrogens (tertiary/aromatic N) is 1. The first kappa shape index (κ1) is 31.1. The Balaban J connectivity index is 0.000000320. The van der Waals surface area contributed by atoms with Crippen molar-refractivity contribution in [1.29, 1.82) is 5.41 Å². The minimum absolute atomic E-state index is 0.153. The Morgan fingerprint density at radius 1 is 0.795 bits per heavy atom. The zero-order chi connectivity index (χ0) is 29.4. The van der Waals surface area contributed by atoms with Crippen molar-refractivity contribution in [1.82, 2.24) is 0 Å². The fourth-order valence-electron chi connectivity index (χ4n) is 5.27. The van der Waals surface area contributed by atoms with Gasteiger partial charge in [0, 0.05) is 18.4 Å². The Bertz CT molecular complexity index is 1440. The average molecular weight is 600 g/mol. The molecule has 0 aromatic heterocycles. The van der Waals surface area contributed by atoms with E-state index in [0.29, 0.717) is 0 Å². The molecule has 1 aliphatic heterocycles. The second-order valence-corrected chi connectivity index (χ2v) is 13.4. The lowest BCUT2D eigenvalue weighted by Crippen LogP contribution is -2.46. The van der Waals surface area contributed by atoms with Crippen molar-refractivity contribution in [3.63, 3.8) is 0 Å². The Kier molecular flexibility index (Phi) is 8.64. The van der Waals surface area contributed by atoms with E-state index in [0.717, 1.165) is 6.08 Å². The molecule has 0 radical (unpaired) electrons. The van der Waals surface area contributed by atoms with E-state index in [-0.39, 0.29) is 22.8 Å². The predicted molar refractivity (Wildman–Crippen MR) is 137 cm³/mol. The monoisotopic (exact) mass is 599 g/mol. The van der Waals surface area contributed by atoms with Gasteiger partial charge in [-0.25, -0.2) is 16.8 Å². The van der Waals surface area contributed by atoms with Gasteiger partial charge in [0.15, 0.2) is 0 Å². The van der Waals surface area contributed by atoms with Crippen LogP contribution in [0.2, 0.25) is 0 Å². The van der Waals surface area contributed by atoms with Crippen LogP contribution in [0.5, 0.6) is 0 Å². The molecule has 4 rings (SSSR count). The lowest BCUT2D eigenvalue weighted by molar-refractivity contribution is -0.916. The van der Waals surface area contributed by atoms with Crippen LogP contribution in [0.3, 0.4) is 0 Å². The third-order valence-electron chi connectivity index (χ3n) is 6.92. The molecular formula is C25H29F6N2O4S2+. The Labute approximate surface area is 223 Å². The SMILES string of the molecule is CCC[N+]1(CCC)CCCC1.N=C1C2=Cc3ccccc3C2=CC(S(=O)(=O)C(F)(F)F)=C1S(=O)(=O)C(F)(F)F. The quantitative estimate of drug-likeness (QED) is 0.321. The zero-order valence-electron chi connectivity index (χ0n) is 21.3. The molecule has 0 unspecified atom stereocenters. The van der Waals surface area contributed by atoms with Crippen LogP contribution >= 0.6 is 0 Å². The number of likely N-dealkylation sites (tertiary alicyclic amines) is 1. The number of halogens is 6. The van der Waals surface area contributed by atoms with E-state index in [2.05, 4.69) is 13.8 Å². The summed E-state index contributed by atoms with van der Waals surface area (Å²) in [6.45, 7) is 10.4. The van der Waals surface area contributed by atoms with E-state index < -0.39 is 51.8 Å². The van der Waals surface area contributed by atoms with Gasteiger partial charge in [-0.1, -0.05) is 38.1 Å². The van der Waals surface area contributed by atoms with Crippen LogP contribution in [0.25, 0.3) is 11.6 Å². The van der Waals surface area contributed by atoms with Gasteiger partial charge in [0.05, 0.1) is 36.8 Å². The molecule has 0 bridgehead atoms. The highest BCUT2D eigenvalue weighted by molar-refractivity contribution is 8.00. The molecule has 0 amide bonds. The minimum atomic E-state index is -6.58. The summed E-state index contributed by atoms with van der Waals surface area (Å²) in [4.78, 5) is -4.38. The summed E-state index contributed by atoms with van der Waals surface area (Å²) in [7, 11) is -13.1. The van der Waals surface area contributed by atoms with Crippen LogP contribution < -0.4 is 0 Å². The maximum Gasteiger partial charge on any atom is 0.502 e. The summed E-state index contributed by atoms with van der Waals surface area (Å²) in [5.41, 5.74) is -13.9. The normalized spacial score (nSPS) is 19.1. The van der Waals surface area contributed by atoms with Crippen LogP contribution in [0.4, 0.5) is 26.3 Å². The number of sulfone groups is 2. The van der Waals surface area contributed by atoms with Crippen LogP contribution in [0.1, 0.15) is 50.7 Å². The van der Waals surface area contributed by atoms with Crippen molar-refractivity contribution < 1.29 is 47.7 Å². The molecule has 1 aromatic rings. The van der Waals surface area contributed by atoms with E-state index in [4.69, 9.17) is 5.41 Å². The van der Waals surface area contributed by atoms with Crippen LogP contribution in [0, 0.1) is 5.41 Å². The third kappa shape index (κ3) is 5.73. The van der Waals surface area contributed by atoms with Crippen molar-refractivity contribution >= 4 is 37.0 Å². The smallest absolute Gasteiger partial charge is 0.324 e. The molecule has 6 nitrogen and oxygen atoms in total. The number of hydrogen-bond donors (Lipinski definition) is 1. The van der Waals surface area contributed by atoms with E-state index in [1.807, 2.05) is 0 Å². The summed E-state index contributed by atoms with van der Waals surface area (Å²) in [5, 5.41) is 7.82. The van der Waals surface area contributed by atoms with Crippen molar-refractivity contribution in [2.24, 2.45) is 0 Å². The summed E-state index contributed by atoms with van der Waals surface area (Å²) < 4.78 is 127. The number of hydrogen-bond acceptors (Lipinski definition) is 5. The molecule has 1 N–H and O–H groups in total. The highest BCUT2D eigenvalue weighted by atomic mass is 32.2. The molecule has 14 heteroatoms. The molecule has 39 heavy (non-hydrogen) atoms. The van der Waals surface area contributed by atoms with E-state index in [1.165, 1.54) is 80.6 Å². The van der Waals surface area contributed by atoms with Gasteiger partial charge in [-0.15, -0.1) is 0 Å². The number of benzene rings is 1. The average Bonchev–Trinajstić information content (AvgIpc) is 3.43. The number of alkyl halides is 6. The van der Waals surface area contributed by atoms with Crippen LogP contribution in [0.15, 0.2) is 45.7 Å². The summed E-state index contributed by atoms with van der Waals surface area (Å²) in [6, 6.07) is 5.69. The third-order valence-corrected chi connectivity index (χ3v) is 10.1. The molecule has 216 valence electrons. The second-order valence-electron chi connectivity index (χ2n) is 9.61. The Hall–Kier alpha value is -2.45. The number of allylic oxidation sites excluding steroid dienone is 4. The van der Waals surface area contributed by atoms with E-state index in [1.54, 1.807) is 0 Å². The first-order valence-corrected chi connectivity index (χ1v) is 15.2. The second kappa shape index (κ2) is 10.8. The van der Waals surface area contributed by atoms with Gasteiger partial charge in [0.2, 0.25) is 0 Å². The van der Waals surface area contributed by atoms with Gasteiger partial charge in [0.1, 0.15) is 4.91 Å². The van der Waals surface area contributed by atoms with E-state index in [9.17, 15) is 43.2 Å². The largest absolute Gasteiger partial charge is 0.502 e. The molecule has 1 heterocycles. The number of rotatable bonds is 6. The minimum Gasteiger partial charge on any atom is -0.324 e. The fourth-order valence-corrected chi connectivity index (χ4v) is 7.73. The molecule has 0 atom stereocenters. The zero-order valence-corrected chi connectivity index (χ0v) is 22.9. The molecule has 1 fully saturated rings. The highest BCUT2D eigenvalue weighted by Gasteiger charge is 2.57. The maximum atomic E-state index is 13.0. The van der Waals surface area contributed by atoms with Crippen molar-refractivity contribution in [2.45, 2.75) is 50.5 Å². The topological polar surface area (TPSA) is 92.1 Å². The molecule has 0 spiro atoms. The van der Waals surface area contributed by atoms with Gasteiger partial charge in [-0.2, -0.15) is 26.3 Å². The first-order chi connectivity index (χ1) is 17.9. The molecule has 2 aliphatic carbocycles. The highest BCUT2D eigenvalue weighted by Crippen LogP contribution is 2.47. The van der Waals surface area contributed by atoms with Gasteiger partial charge >= 0.3 is 11.0 Å². The van der Waals surface area contributed by atoms with Crippen LogP contribution in [-0.4, -0.2) is 64.2 Å². The van der Waals surface area contributed by atoms with E-state index >= 15 is 0 Å². The standard InChI is InChI=1S/C15H7F6NO4S2.C10H22N/c16-14(17,18)27(23,24)11-6-9-8-4-2-1-3-7(8)5-10(9)12(22)13(11)28(25,26)15(19,20)21;1-3-7-11(8-4-2)9-5-6-10-11/h1-6,22H;3-10H2,1-2H3/q;+1. The summed E-state index contributed by atoms with van der Waals surface area (Å²) in [6.07, 6.45) is 6.99. The fraction of sp³-hybridized carbons (Fsp3) is 0.480. The predicted octanol–water partition coefficient (Wildman–Crippen LogP) is 6.00. The Morgan fingerprint density at radius 3 is 1.79 bits per heavy atom. The van der Waals surface area contributed by atoms with Crippen LogP contribution in [-0.2, 0) is 19.7 Å². The molecule has 0 saturated carbocycles. The maximum absolute atomic E-state index is 13.0. The number of fused-ring (bicyclic) bond motifs is 3. The van der Waals surface area contributed by atoms with Gasteiger partial charge in [-0.3, -0.25) is 5.41 Å². The lowest BCUT2D eigenvalue weighted by Gasteiger charge is -2.33. The molecule has 1 saturated heterocycles. The van der Waals surface area contributed by atoms with Gasteiger partial charge in [0.25, 0.3) is 19.7 Å². The van der Waals surface area contributed by atoms with Crippen molar-refractivity contribution in [2.75, 3.05) is 26.2 Å². The van der Waals surface area contributed by atoms with Gasteiger partial charge < -0.3 is 4.48 Å². The molecule has 1 aromatic carbocycles. The molecule has 3 aliphatic rings. The molecular weight excluding hydrogens is 570 g/mol. The number of nitrogens with one attached hydrogen (secondary N) is 1. The lowest BCUT2D eigenvalue weighted by atomic mass is 9.95. The Morgan fingerprint density at radius 2 is 1.31 bits per heavy atom. The van der Waals surface area contributed by atoms with Gasteiger partial charge in [-0.05, 0) is 41.7 Å².